The molecule has 2 nitrogen and oxygen atoms in total. The first-order chi connectivity index (χ1) is 10.2. The molecule has 0 bridgehead atoms. The van der Waals surface area contributed by atoms with Gasteiger partial charge in [0.2, 0.25) is 5.91 Å². The number of carbonyl (C=O) groups is 1. The summed E-state index contributed by atoms with van der Waals surface area (Å²) in [4.78, 5) is 11.4. The molecule has 0 aliphatic heterocycles. The molecule has 0 aromatic rings. The summed E-state index contributed by atoms with van der Waals surface area (Å²) >= 11 is 0. The quantitative estimate of drug-likeness (QED) is 0.380. The minimum atomic E-state index is 0.0273. The SMILES string of the molecule is [CH2]C(C)NC(=O)CCCCCCCCCCCCCCC. The van der Waals surface area contributed by atoms with E-state index in [1.807, 2.05) is 6.92 Å². The van der Waals surface area contributed by atoms with E-state index in [1.165, 1.54) is 77.0 Å². The summed E-state index contributed by atoms with van der Waals surface area (Å²) in [5.74, 6) is 0.153. The molecule has 0 saturated carbocycles. The molecule has 2 heteroatoms. The van der Waals surface area contributed by atoms with Gasteiger partial charge in [-0.15, -0.1) is 0 Å². The van der Waals surface area contributed by atoms with E-state index >= 15 is 0 Å². The number of hydrogen-bond donors (Lipinski definition) is 1. The minimum absolute atomic E-state index is 0.0273. The molecule has 0 aromatic carbocycles. The van der Waals surface area contributed by atoms with Crippen molar-refractivity contribution in [3.8, 4) is 0 Å². The van der Waals surface area contributed by atoms with E-state index in [2.05, 4.69) is 19.2 Å². The van der Waals surface area contributed by atoms with Gasteiger partial charge in [0.05, 0.1) is 0 Å². The van der Waals surface area contributed by atoms with Gasteiger partial charge in [-0.3, -0.25) is 4.79 Å². The van der Waals surface area contributed by atoms with Gasteiger partial charge in [-0.1, -0.05) is 84.0 Å². The highest BCUT2D eigenvalue weighted by molar-refractivity contribution is 5.76. The van der Waals surface area contributed by atoms with Gasteiger partial charge in [0.15, 0.2) is 0 Å². The van der Waals surface area contributed by atoms with Crippen LogP contribution in [0.15, 0.2) is 0 Å². The molecule has 0 fully saturated rings. The van der Waals surface area contributed by atoms with Crippen molar-refractivity contribution in [2.45, 2.75) is 110 Å². The fraction of sp³-hybridized carbons (Fsp3) is 0.895. The molecule has 1 unspecified atom stereocenters. The molecule has 1 amide bonds. The summed E-state index contributed by atoms with van der Waals surface area (Å²) < 4.78 is 0. The molecule has 0 heterocycles. The van der Waals surface area contributed by atoms with Gasteiger partial charge in [-0.05, 0) is 20.3 Å². The van der Waals surface area contributed by atoms with Gasteiger partial charge in [0.1, 0.15) is 0 Å². The lowest BCUT2D eigenvalue weighted by atomic mass is 10.0. The molecule has 1 N–H and O–H groups in total. The number of amides is 1. The van der Waals surface area contributed by atoms with Crippen molar-refractivity contribution in [3.05, 3.63) is 6.92 Å². The van der Waals surface area contributed by atoms with Gasteiger partial charge in [-0.2, -0.15) is 0 Å². The summed E-state index contributed by atoms with van der Waals surface area (Å²) in [7, 11) is 0. The highest BCUT2D eigenvalue weighted by atomic mass is 16.1. The van der Waals surface area contributed by atoms with Crippen LogP contribution in [0.3, 0.4) is 0 Å². The molecule has 0 aromatic heterocycles. The second kappa shape index (κ2) is 15.9. The van der Waals surface area contributed by atoms with Crippen LogP contribution in [0.5, 0.6) is 0 Å². The number of hydrogen-bond acceptors (Lipinski definition) is 1. The maximum Gasteiger partial charge on any atom is 0.220 e. The van der Waals surface area contributed by atoms with Crippen LogP contribution in [0.1, 0.15) is 104 Å². The second-order valence-electron chi connectivity index (χ2n) is 6.46. The van der Waals surface area contributed by atoms with E-state index in [0.29, 0.717) is 6.42 Å². The van der Waals surface area contributed by atoms with Crippen molar-refractivity contribution in [2.75, 3.05) is 0 Å². The zero-order chi connectivity index (χ0) is 15.8. The van der Waals surface area contributed by atoms with Crippen LogP contribution in [-0.4, -0.2) is 11.9 Å². The predicted octanol–water partition coefficient (Wildman–Crippen LogP) is 5.81. The van der Waals surface area contributed by atoms with Gasteiger partial charge >= 0.3 is 0 Å². The Morgan fingerprint density at radius 1 is 0.810 bits per heavy atom. The Bertz CT molecular complexity index is 226. The highest BCUT2D eigenvalue weighted by Gasteiger charge is 2.02. The predicted molar refractivity (Wildman–Crippen MR) is 93.3 cm³/mol. The first-order valence-electron chi connectivity index (χ1n) is 9.29. The van der Waals surface area contributed by atoms with E-state index < -0.39 is 0 Å². The molecule has 0 aliphatic rings. The Morgan fingerprint density at radius 2 is 1.19 bits per heavy atom. The standard InChI is InChI=1S/C19H38NO/c1-4-5-6-7-8-9-10-11-12-13-14-15-16-17-19(21)20-18(2)3/h18H,2,4-17H2,1,3H3,(H,20,21). The van der Waals surface area contributed by atoms with Gasteiger partial charge < -0.3 is 5.32 Å². The number of nitrogens with one attached hydrogen (secondary N) is 1. The molecular formula is C19H38NO. The van der Waals surface area contributed by atoms with E-state index in [0.717, 1.165) is 6.42 Å². The van der Waals surface area contributed by atoms with Crippen LogP contribution >= 0.6 is 0 Å². The minimum Gasteiger partial charge on any atom is -0.354 e. The van der Waals surface area contributed by atoms with Crippen molar-refractivity contribution >= 4 is 5.91 Å². The van der Waals surface area contributed by atoms with E-state index in [9.17, 15) is 4.79 Å². The van der Waals surface area contributed by atoms with Crippen molar-refractivity contribution in [1.29, 1.82) is 0 Å². The van der Waals surface area contributed by atoms with Crippen LogP contribution in [0.2, 0.25) is 0 Å². The van der Waals surface area contributed by atoms with Crippen molar-refractivity contribution in [2.24, 2.45) is 0 Å². The third-order valence-electron chi connectivity index (χ3n) is 3.91. The zero-order valence-corrected chi connectivity index (χ0v) is 14.6. The van der Waals surface area contributed by atoms with Crippen molar-refractivity contribution in [1.82, 2.24) is 5.32 Å². The maximum absolute atomic E-state index is 11.4. The molecule has 0 saturated heterocycles. The number of unbranched alkanes of at least 4 members (excludes halogenated alkanes) is 12. The maximum atomic E-state index is 11.4. The van der Waals surface area contributed by atoms with Crippen molar-refractivity contribution < 1.29 is 4.79 Å². The van der Waals surface area contributed by atoms with Crippen LogP contribution in [0, 0.1) is 6.92 Å². The molecule has 1 radical (unpaired) electrons. The Hall–Kier alpha value is -0.530. The summed E-state index contributed by atoms with van der Waals surface area (Å²) in [5, 5.41) is 2.84. The topological polar surface area (TPSA) is 29.1 Å². The number of rotatable bonds is 15. The molecule has 21 heavy (non-hydrogen) atoms. The molecular weight excluding hydrogens is 258 g/mol. The zero-order valence-electron chi connectivity index (χ0n) is 14.6. The second-order valence-corrected chi connectivity index (χ2v) is 6.46. The lowest BCUT2D eigenvalue weighted by Crippen LogP contribution is -2.29. The number of carbonyl (C=O) groups excluding carboxylic acids is 1. The fourth-order valence-corrected chi connectivity index (χ4v) is 2.65. The normalized spacial score (nSPS) is 11.0. The summed E-state index contributed by atoms with van der Waals surface area (Å²) in [6.45, 7) is 7.94. The van der Waals surface area contributed by atoms with Crippen LogP contribution in [0.4, 0.5) is 0 Å². The van der Waals surface area contributed by atoms with E-state index in [1.54, 1.807) is 0 Å². The molecule has 1 atom stereocenters. The summed E-state index contributed by atoms with van der Waals surface area (Å²) in [6.07, 6.45) is 18.1. The fourth-order valence-electron chi connectivity index (χ4n) is 2.65. The Balaban J connectivity index is 3.07. The monoisotopic (exact) mass is 296 g/mol. The molecule has 0 aliphatic carbocycles. The molecule has 0 spiro atoms. The Morgan fingerprint density at radius 3 is 1.57 bits per heavy atom. The lowest BCUT2D eigenvalue weighted by molar-refractivity contribution is -0.121. The lowest BCUT2D eigenvalue weighted by Gasteiger charge is -2.07. The first-order valence-corrected chi connectivity index (χ1v) is 9.29. The highest BCUT2D eigenvalue weighted by Crippen LogP contribution is 2.12. The average Bonchev–Trinajstić information content (AvgIpc) is 2.43. The van der Waals surface area contributed by atoms with Gasteiger partial charge in [0.25, 0.3) is 0 Å². The molecule has 0 rings (SSSR count). The first kappa shape index (κ1) is 20.5. The third kappa shape index (κ3) is 17.4. The average molecular weight is 297 g/mol. The smallest absolute Gasteiger partial charge is 0.220 e. The third-order valence-corrected chi connectivity index (χ3v) is 3.91. The summed E-state index contributed by atoms with van der Waals surface area (Å²) in [5.41, 5.74) is 0. The van der Waals surface area contributed by atoms with Crippen LogP contribution < -0.4 is 5.32 Å². The van der Waals surface area contributed by atoms with Gasteiger partial charge in [0, 0.05) is 12.5 Å². The van der Waals surface area contributed by atoms with E-state index in [4.69, 9.17) is 0 Å². The van der Waals surface area contributed by atoms with Crippen LogP contribution in [0.25, 0.3) is 0 Å². The largest absolute Gasteiger partial charge is 0.354 e. The van der Waals surface area contributed by atoms with Gasteiger partial charge in [-0.25, -0.2) is 0 Å². The molecule has 125 valence electrons. The van der Waals surface area contributed by atoms with E-state index in [-0.39, 0.29) is 11.9 Å². The Labute approximate surface area is 133 Å². The summed E-state index contributed by atoms with van der Waals surface area (Å²) in [6, 6.07) is 0.0273. The van der Waals surface area contributed by atoms with Crippen molar-refractivity contribution in [3.63, 3.8) is 0 Å². The van der Waals surface area contributed by atoms with Crippen LogP contribution in [-0.2, 0) is 4.79 Å². The Kier molecular flexibility index (Phi) is 15.5.